The molecule has 1 rings (SSSR count). The van der Waals surface area contributed by atoms with Crippen LogP contribution < -0.4 is 10.1 Å². The molecule has 7 heteroatoms. The first kappa shape index (κ1) is 15.4. The second-order valence-corrected chi connectivity index (χ2v) is 3.68. The third-order valence-corrected chi connectivity index (χ3v) is 2.27. The molecular weight excluding hydrogens is 272 g/mol. The molecule has 0 bridgehead atoms. The van der Waals surface area contributed by atoms with Gasteiger partial charge in [-0.25, -0.2) is 4.79 Å². The summed E-state index contributed by atoms with van der Waals surface area (Å²) >= 11 is 0. The molecule has 0 saturated carbocycles. The number of carbonyl (C=O) groups excluding carboxylic acids is 1. The fraction of sp³-hybridized carbons (Fsp3) is 0.231. The number of carboxylic acid groups (broad SMARTS) is 1. The number of carboxylic acids is 1. The summed E-state index contributed by atoms with van der Waals surface area (Å²) in [6, 6.07) is 3.63. The van der Waals surface area contributed by atoms with Crippen LogP contribution in [0.5, 0.6) is 5.75 Å². The van der Waals surface area contributed by atoms with Gasteiger partial charge in [0.25, 0.3) is 5.91 Å². The monoisotopic (exact) mass is 283 g/mol. The molecular formula is C13H11F2NO4. The Bertz CT molecular complexity index is 522. The number of terminal acetylenes is 1. The normalized spacial score (nSPS) is 11.5. The Kier molecular flexibility index (Phi) is 5.47. The molecule has 1 amide bonds. The van der Waals surface area contributed by atoms with Crippen molar-refractivity contribution in [1.29, 1.82) is 0 Å². The molecule has 0 radical (unpaired) electrons. The summed E-state index contributed by atoms with van der Waals surface area (Å²) in [5, 5.41) is 11.1. The summed E-state index contributed by atoms with van der Waals surface area (Å²) in [6.07, 6.45) is 4.84. The number of aliphatic carboxylic acids is 1. The van der Waals surface area contributed by atoms with Crippen LogP contribution in [0.3, 0.4) is 0 Å². The summed E-state index contributed by atoms with van der Waals surface area (Å²) in [5.41, 5.74) is 0.106. The van der Waals surface area contributed by atoms with Crippen LogP contribution in [0.2, 0.25) is 0 Å². The van der Waals surface area contributed by atoms with E-state index < -0.39 is 24.5 Å². The number of ether oxygens (including phenoxy) is 1. The van der Waals surface area contributed by atoms with E-state index in [0.717, 1.165) is 0 Å². The molecule has 1 aromatic carbocycles. The van der Waals surface area contributed by atoms with Gasteiger partial charge in [-0.15, -0.1) is 12.3 Å². The topological polar surface area (TPSA) is 75.6 Å². The van der Waals surface area contributed by atoms with Crippen molar-refractivity contribution in [1.82, 2.24) is 5.32 Å². The van der Waals surface area contributed by atoms with Gasteiger partial charge in [0, 0.05) is 12.0 Å². The lowest BCUT2D eigenvalue weighted by Crippen LogP contribution is -2.40. The van der Waals surface area contributed by atoms with Gasteiger partial charge in [-0.1, -0.05) is 0 Å². The highest BCUT2D eigenvalue weighted by Gasteiger charge is 2.19. The molecule has 0 spiro atoms. The third kappa shape index (κ3) is 4.57. The van der Waals surface area contributed by atoms with Crippen LogP contribution in [0.1, 0.15) is 16.8 Å². The maximum absolute atomic E-state index is 11.9. The van der Waals surface area contributed by atoms with Crippen LogP contribution in [0, 0.1) is 12.3 Å². The van der Waals surface area contributed by atoms with Gasteiger partial charge in [0.05, 0.1) is 0 Å². The van der Waals surface area contributed by atoms with E-state index in [1.54, 1.807) is 0 Å². The Hall–Kier alpha value is -2.62. The average Bonchev–Trinajstić information content (AvgIpc) is 2.38. The van der Waals surface area contributed by atoms with Crippen LogP contribution in [-0.4, -0.2) is 29.6 Å². The van der Waals surface area contributed by atoms with Crippen molar-refractivity contribution in [3.05, 3.63) is 29.8 Å². The molecule has 0 aliphatic rings. The molecule has 0 heterocycles. The first-order valence-corrected chi connectivity index (χ1v) is 5.46. The van der Waals surface area contributed by atoms with Crippen LogP contribution in [0.4, 0.5) is 8.78 Å². The van der Waals surface area contributed by atoms with Gasteiger partial charge in [0.15, 0.2) is 0 Å². The summed E-state index contributed by atoms with van der Waals surface area (Å²) in [5.74, 6) is 0.110. The molecule has 106 valence electrons. The van der Waals surface area contributed by atoms with Gasteiger partial charge in [-0.05, 0) is 24.3 Å². The second kappa shape index (κ2) is 7.09. The number of halogens is 2. The fourth-order valence-electron chi connectivity index (χ4n) is 1.35. The number of alkyl halides is 2. The predicted octanol–water partition coefficient (Wildman–Crippen LogP) is 1.49. The number of carbonyl (C=O) groups is 2. The zero-order valence-corrected chi connectivity index (χ0v) is 10.2. The number of nitrogens with one attached hydrogen (secondary N) is 1. The van der Waals surface area contributed by atoms with E-state index in [1.807, 2.05) is 0 Å². The van der Waals surface area contributed by atoms with Crippen LogP contribution in [0.15, 0.2) is 24.3 Å². The van der Waals surface area contributed by atoms with Gasteiger partial charge in [0.2, 0.25) is 0 Å². The molecule has 0 aliphatic carbocycles. The third-order valence-electron chi connectivity index (χ3n) is 2.27. The number of hydrogen-bond donors (Lipinski definition) is 2. The average molecular weight is 283 g/mol. The van der Waals surface area contributed by atoms with Gasteiger partial charge in [-0.2, -0.15) is 8.78 Å². The zero-order valence-electron chi connectivity index (χ0n) is 10.2. The summed E-state index contributed by atoms with van der Waals surface area (Å²) in [4.78, 5) is 22.6. The molecule has 1 aromatic rings. The molecule has 5 nitrogen and oxygen atoms in total. The number of benzene rings is 1. The largest absolute Gasteiger partial charge is 0.480 e. The molecule has 0 aliphatic heterocycles. The number of amides is 1. The van der Waals surface area contributed by atoms with E-state index >= 15 is 0 Å². The van der Waals surface area contributed by atoms with E-state index in [0.29, 0.717) is 0 Å². The molecule has 1 atom stereocenters. The Morgan fingerprint density at radius 2 is 1.95 bits per heavy atom. The minimum atomic E-state index is -2.96. The lowest BCUT2D eigenvalue weighted by atomic mass is 10.1. The summed E-state index contributed by atoms with van der Waals surface area (Å²) in [6.45, 7) is -2.96. The first-order valence-electron chi connectivity index (χ1n) is 5.46. The van der Waals surface area contributed by atoms with Crippen molar-refractivity contribution >= 4 is 11.9 Å². The second-order valence-electron chi connectivity index (χ2n) is 3.68. The minimum absolute atomic E-state index is 0.102. The molecule has 1 unspecified atom stereocenters. The van der Waals surface area contributed by atoms with Crippen LogP contribution in [0.25, 0.3) is 0 Å². The van der Waals surface area contributed by atoms with Crippen molar-refractivity contribution in [2.24, 2.45) is 0 Å². The quantitative estimate of drug-likeness (QED) is 0.776. The van der Waals surface area contributed by atoms with E-state index in [-0.39, 0.29) is 17.7 Å². The van der Waals surface area contributed by atoms with E-state index in [2.05, 4.69) is 16.0 Å². The van der Waals surface area contributed by atoms with Crippen LogP contribution in [-0.2, 0) is 4.79 Å². The molecule has 2 N–H and O–H groups in total. The van der Waals surface area contributed by atoms with E-state index in [1.165, 1.54) is 24.3 Å². The van der Waals surface area contributed by atoms with Gasteiger partial charge < -0.3 is 15.2 Å². The first-order chi connectivity index (χ1) is 9.43. The number of rotatable bonds is 6. The van der Waals surface area contributed by atoms with Crippen molar-refractivity contribution in [3.8, 4) is 18.1 Å². The predicted molar refractivity (Wildman–Crippen MR) is 65.4 cm³/mol. The van der Waals surface area contributed by atoms with Crippen molar-refractivity contribution in [2.45, 2.75) is 19.1 Å². The summed E-state index contributed by atoms with van der Waals surface area (Å²) < 4.78 is 28.0. The lowest BCUT2D eigenvalue weighted by Gasteiger charge is -2.12. The maximum atomic E-state index is 11.9. The van der Waals surface area contributed by atoms with Gasteiger partial charge in [0.1, 0.15) is 11.8 Å². The van der Waals surface area contributed by atoms with Crippen molar-refractivity contribution in [3.63, 3.8) is 0 Å². The smallest absolute Gasteiger partial charge is 0.387 e. The van der Waals surface area contributed by atoms with Crippen LogP contribution >= 0.6 is 0 Å². The Labute approximate surface area is 113 Å². The lowest BCUT2D eigenvalue weighted by molar-refractivity contribution is -0.139. The Balaban J connectivity index is 2.72. The van der Waals surface area contributed by atoms with Crippen molar-refractivity contribution in [2.75, 3.05) is 0 Å². The molecule has 0 aromatic heterocycles. The Morgan fingerprint density at radius 3 is 2.40 bits per heavy atom. The van der Waals surface area contributed by atoms with Crippen molar-refractivity contribution < 1.29 is 28.2 Å². The highest BCUT2D eigenvalue weighted by atomic mass is 19.3. The highest BCUT2D eigenvalue weighted by Crippen LogP contribution is 2.15. The van der Waals surface area contributed by atoms with E-state index in [4.69, 9.17) is 11.5 Å². The standard InChI is InChI=1S/C13H11F2NO4/c1-2-3-10(12(18)19)16-11(17)8-4-6-9(7-5-8)20-13(14)15/h1,4-7,10,13H,3H2,(H,16,17)(H,18,19). The van der Waals surface area contributed by atoms with Gasteiger partial charge >= 0.3 is 12.6 Å². The molecule has 0 fully saturated rings. The summed E-state index contributed by atoms with van der Waals surface area (Å²) in [7, 11) is 0. The van der Waals surface area contributed by atoms with E-state index in [9.17, 15) is 18.4 Å². The minimum Gasteiger partial charge on any atom is -0.480 e. The zero-order chi connectivity index (χ0) is 15.1. The molecule has 0 saturated heterocycles. The maximum Gasteiger partial charge on any atom is 0.387 e. The van der Waals surface area contributed by atoms with Gasteiger partial charge in [-0.3, -0.25) is 4.79 Å². The molecule has 20 heavy (non-hydrogen) atoms. The SMILES string of the molecule is C#CCC(NC(=O)c1ccc(OC(F)F)cc1)C(=O)O. The fourth-order valence-corrected chi connectivity index (χ4v) is 1.35. The number of hydrogen-bond acceptors (Lipinski definition) is 3. The Morgan fingerprint density at radius 1 is 1.35 bits per heavy atom. The highest BCUT2D eigenvalue weighted by molar-refractivity contribution is 5.96.